The van der Waals surface area contributed by atoms with Gasteiger partial charge in [0.1, 0.15) is 4.90 Å². The zero-order chi connectivity index (χ0) is 15.5. The Morgan fingerprint density at radius 1 is 1.30 bits per heavy atom. The molecule has 0 saturated heterocycles. The first kappa shape index (κ1) is 17.2. The van der Waals surface area contributed by atoms with Crippen LogP contribution in [0.15, 0.2) is 17.0 Å². The normalized spacial score (nSPS) is 11.4. The van der Waals surface area contributed by atoms with Gasteiger partial charge in [-0.2, -0.15) is 0 Å². The summed E-state index contributed by atoms with van der Waals surface area (Å²) in [5.74, 6) is -0.370. The smallest absolute Gasteiger partial charge is 0.255 e. The fourth-order valence-corrected chi connectivity index (χ4v) is 3.01. The van der Waals surface area contributed by atoms with Crippen LogP contribution in [0.4, 0.5) is 0 Å². The summed E-state index contributed by atoms with van der Waals surface area (Å²) < 4.78 is 22.8. The van der Waals surface area contributed by atoms with Crippen molar-refractivity contribution >= 4 is 39.1 Å². The van der Waals surface area contributed by atoms with E-state index < -0.39 is 10.0 Å². The molecule has 1 rings (SSSR count). The van der Waals surface area contributed by atoms with Crippen LogP contribution in [0.1, 0.15) is 30.1 Å². The minimum Gasteiger partial charge on any atom is -0.342 e. The zero-order valence-electron chi connectivity index (χ0n) is 11.2. The van der Waals surface area contributed by atoms with Crippen molar-refractivity contribution in [1.82, 2.24) is 4.90 Å². The van der Waals surface area contributed by atoms with Gasteiger partial charge >= 0.3 is 0 Å². The molecule has 0 atom stereocenters. The fraction of sp³-hybridized carbons (Fsp3) is 0.417. The highest BCUT2D eigenvalue weighted by atomic mass is 35.5. The van der Waals surface area contributed by atoms with Gasteiger partial charge in [-0.05, 0) is 18.6 Å². The molecule has 0 unspecified atom stereocenters. The van der Waals surface area contributed by atoms with E-state index >= 15 is 0 Å². The lowest BCUT2D eigenvalue weighted by atomic mass is 10.2. The Hall–Kier alpha value is -0.820. The number of halogens is 2. The molecule has 0 bridgehead atoms. The second-order valence-corrected chi connectivity index (χ2v) is 6.73. The van der Waals surface area contributed by atoms with Crippen molar-refractivity contribution in [3.05, 3.63) is 27.7 Å². The predicted octanol–water partition coefficient (Wildman–Crippen LogP) is 2.51. The van der Waals surface area contributed by atoms with Gasteiger partial charge in [-0.15, -0.1) is 0 Å². The highest BCUT2D eigenvalue weighted by Crippen LogP contribution is 2.28. The molecule has 0 spiro atoms. The first-order valence-corrected chi connectivity index (χ1v) is 8.26. The van der Waals surface area contributed by atoms with Gasteiger partial charge in [0.2, 0.25) is 10.0 Å². The molecule has 0 aliphatic carbocycles. The average Bonchev–Trinajstić information content (AvgIpc) is 2.33. The van der Waals surface area contributed by atoms with Crippen molar-refractivity contribution in [2.75, 3.05) is 13.6 Å². The van der Waals surface area contributed by atoms with Crippen molar-refractivity contribution in [2.45, 2.75) is 24.7 Å². The van der Waals surface area contributed by atoms with Crippen LogP contribution in [0.3, 0.4) is 0 Å². The molecule has 1 aromatic rings. The maximum atomic E-state index is 12.2. The van der Waals surface area contributed by atoms with Crippen molar-refractivity contribution < 1.29 is 13.2 Å². The van der Waals surface area contributed by atoms with Crippen LogP contribution in [0.5, 0.6) is 0 Å². The van der Waals surface area contributed by atoms with Crippen molar-refractivity contribution in [1.29, 1.82) is 0 Å². The molecule has 0 radical (unpaired) electrons. The largest absolute Gasteiger partial charge is 0.342 e. The number of unbranched alkanes of at least 4 members (excludes halogenated alkanes) is 1. The summed E-state index contributed by atoms with van der Waals surface area (Å²) in [5, 5.41) is 5.04. The number of nitrogens with two attached hydrogens (primary N) is 1. The van der Waals surface area contributed by atoms with Crippen LogP contribution in [0.2, 0.25) is 10.0 Å². The third kappa shape index (κ3) is 4.09. The second kappa shape index (κ2) is 6.76. The fourth-order valence-electron chi connectivity index (χ4n) is 1.61. The van der Waals surface area contributed by atoms with Crippen LogP contribution in [-0.2, 0) is 10.0 Å². The number of carbonyl (C=O) groups excluding carboxylic acids is 1. The number of amides is 1. The number of carbonyl (C=O) groups is 1. The third-order valence-electron chi connectivity index (χ3n) is 2.75. The highest BCUT2D eigenvalue weighted by Gasteiger charge is 2.21. The van der Waals surface area contributed by atoms with E-state index in [-0.39, 0.29) is 26.4 Å². The van der Waals surface area contributed by atoms with E-state index in [9.17, 15) is 13.2 Å². The molecule has 0 fully saturated rings. The van der Waals surface area contributed by atoms with Gasteiger partial charge in [-0.1, -0.05) is 36.5 Å². The summed E-state index contributed by atoms with van der Waals surface area (Å²) in [5.41, 5.74) is 0.0682. The Balaban J connectivity index is 3.22. The summed E-state index contributed by atoms with van der Waals surface area (Å²) in [6, 6.07) is 2.33. The Kier molecular flexibility index (Phi) is 5.82. The van der Waals surface area contributed by atoms with Crippen molar-refractivity contribution in [3.8, 4) is 0 Å². The summed E-state index contributed by atoms with van der Waals surface area (Å²) in [6.07, 6.45) is 1.78. The molecular formula is C12H16Cl2N2O3S. The van der Waals surface area contributed by atoms with Crippen LogP contribution in [0.25, 0.3) is 0 Å². The molecular weight excluding hydrogens is 323 g/mol. The third-order valence-corrected chi connectivity index (χ3v) is 4.44. The molecule has 0 saturated carbocycles. The van der Waals surface area contributed by atoms with E-state index in [1.165, 1.54) is 11.0 Å². The zero-order valence-corrected chi connectivity index (χ0v) is 13.5. The maximum Gasteiger partial charge on any atom is 0.255 e. The van der Waals surface area contributed by atoms with Crippen LogP contribution in [0, 0.1) is 0 Å². The summed E-state index contributed by atoms with van der Waals surface area (Å²) in [6.45, 7) is 2.56. The van der Waals surface area contributed by atoms with Gasteiger partial charge in [-0.3, -0.25) is 4.79 Å². The molecule has 20 heavy (non-hydrogen) atoms. The van der Waals surface area contributed by atoms with Gasteiger partial charge in [0.15, 0.2) is 0 Å². The minimum atomic E-state index is -4.01. The molecule has 0 aliphatic heterocycles. The SMILES string of the molecule is CCCCN(C)C(=O)c1cc(S(N)(=O)=O)c(Cl)cc1Cl. The van der Waals surface area contributed by atoms with Crippen molar-refractivity contribution in [3.63, 3.8) is 0 Å². The van der Waals surface area contributed by atoms with Gasteiger partial charge in [0, 0.05) is 13.6 Å². The van der Waals surface area contributed by atoms with Gasteiger partial charge in [-0.25, -0.2) is 13.6 Å². The second-order valence-electron chi connectivity index (χ2n) is 4.39. The van der Waals surface area contributed by atoms with E-state index in [4.69, 9.17) is 28.3 Å². The first-order valence-electron chi connectivity index (χ1n) is 5.95. The van der Waals surface area contributed by atoms with E-state index in [2.05, 4.69) is 0 Å². The topological polar surface area (TPSA) is 80.5 Å². The molecule has 0 aromatic heterocycles. The molecule has 5 nitrogen and oxygen atoms in total. The molecule has 1 amide bonds. The number of sulfonamides is 1. The summed E-state index contributed by atoms with van der Waals surface area (Å²) in [7, 11) is -2.39. The lowest BCUT2D eigenvalue weighted by Gasteiger charge is -2.18. The molecule has 2 N–H and O–H groups in total. The summed E-state index contributed by atoms with van der Waals surface area (Å²) >= 11 is 11.7. The molecule has 0 heterocycles. The Morgan fingerprint density at radius 3 is 2.40 bits per heavy atom. The molecule has 8 heteroatoms. The lowest BCUT2D eigenvalue weighted by Crippen LogP contribution is -2.28. The average molecular weight is 339 g/mol. The predicted molar refractivity (Wildman–Crippen MR) is 79.7 cm³/mol. The molecule has 0 aliphatic rings. The van der Waals surface area contributed by atoms with Crippen LogP contribution >= 0.6 is 23.2 Å². The van der Waals surface area contributed by atoms with Crippen molar-refractivity contribution in [2.24, 2.45) is 5.14 Å². The first-order chi connectivity index (χ1) is 9.18. The monoisotopic (exact) mass is 338 g/mol. The number of benzene rings is 1. The number of hydrogen-bond donors (Lipinski definition) is 1. The highest BCUT2D eigenvalue weighted by molar-refractivity contribution is 7.89. The minimum absolute atomic E-state index is 0.0682. The van der Waals surface area contributed by atoms with E-state index in [1.807, 2.05) is 6.92 Å². The van der Waals surface area contributed by atoms with Gasteiger partial charge < -0.3 is 4.90 Å². The molecule has 112 valence electrons. The van der Waals surface area contributed by atoms with Gasteiger partial charge in [0.25, 0.3) is 5.91 Å². The van der Waals surface area contributed by atoms with E-state index in [0.717, 1.165) is 18.9 Å². The standard InChI is InChI=1S/C12H16Cl2N2O3S/c1-3-4-5-16(2)12(17)8-6-11(20(15,18)19)10(14)7-9(8)13/h6-7H,3-5H2,1-2H3,(H2,15,18,19). The quantitative estimate of drug-likeness (QED) is 0.895. The maximum absolute atomic E-state index is 12.2. The van der Waals surface area contributed by atoms with Crippen LogP contribution < -0.4 is 5.14 Å². The number of rotatable bonds is 5. The Labute approximate surface area is 128 Å². The summed E-state index contributed by atoms with van der Waals surface area (Å²) in [4.78, 5) is 13.4. The lowest BCUT2D eigenvalue weighted by molar-refractivity contribution is 0.0793. The Bertz CT molecular complexity index is 617. The number of nitrogens with zero attached hydrogens (tertiary/aromatic N) is 1. The Morgan fingerprint density at radius 2 is 1.90 bits per heavy atom. The van der Waals surface area contributed by atoms with Gasteiger partial charge in [0.05, 0.1) is 15.6 Å². The van der Waals surface area contributed by atoms with Crippen LogP contribution in [-0.4, -0.2) is 32.8 Å². The number of primary sulfonamides is 1. The number of hydrogen-bond acceptors (Lipinski definition) is 3. The van der Waals surface area contributed by atoms with E-state index in [1.54, 1.807) is 7.05 Å². The van der Waals surface area contributed by atoms with E-state index in [0.29, 0.717) is 6.54 Å². The molecule has 1 aromatic carbocycles.